The molecule has 6 atom stereocenters. The third-order valence-electron chi connectivity index (χ3n) is 11.1. The molecule has 1 N–H and O–H groups in total. The number of alkyl halides is 3. The van der Waals surface area contributed by atoms with Crippen LogP contribution in [0.25, 0.3) is 6.08 Å². The summed E-state index contributed by atoms with van der Waals surface area (Å²) in [6, 6.07) is 24.4. The Morgan fingerprint density at radius 1 is 0.830 bits per heavy atom. The minimum absolute atomic E-state index is 0.0399. The van der Waals surface area contributed by atoms with Crippen LogP contribution in [0.4, 0.5) is 24.5 Å². The van der Waals surface area contributed by atoms with Crippen LogP contribution in [-0.4, -0.2) is 35.1 Å². The van der Waals surface area contributed by atoms with Gasteiger partial charge in [-0.05, 0) is 78.4 Å². The Hall–Kier alpha value is -5.68. The van der Waals surface area contributed by atoms with E-state index in [0.29, 0.717) is 16.8 Å². The molecule has 2 heterocycles. The fourth-order valence-electron chi connectivity index (χ4n) is 9.06. The van der Waals surface area contributed by atoms with Gasteiger partial charge >= 0.3 is 6.36 Å². The number of hydrogen-bond acceptors (Lipinski definition) is 6. The number of carbonyl (C=O) groups is 4. The Labute approximate surface area is 306 Å². The molecule has 4 amide bonds. The third-order valence-corrected chi connectivity index (χ3v) is 11.3. The number of halogens is 4. The Kier molecular flexibility index (Phi) is 8.10. The number of phenols is 1. The molecule has 2 aliphatic carbocycles. The highest BCUT2D eigenvalue weighted by molar-refractivity contribution is 6.32. The van der Waals surface area contributed by atoms with Crippen LogP contribution >= 0.6 is 11.6 Å². The molecule has 0 aromatic heterocycles. The van der Waals surface area contributed by atoms with Crippen molar-refractivity contribution >= 4 is 52.7 Å². The second kappa shape index (κ2) is 12.5. The predicted octanol–water partition coefficient (Wildman–Crippen LogP) is 7.95. The lowest BCUT2D eigenvalue weighted by Crippen LogP contribution is -2.53. The van der Waals surface area contributed by atoms with Crippen molar-refractivity contribution in [3.05, 3.63) is 137 Å². The lowest BCUT2D eigenvalue weighted by atomic mass is 9.49. The molecule has 8 rings (SSSR count). The topological polar surface area (TPSA) is 104 Å². The molecule has 12 heteroatoms. The molecular formula is C41H30ClF3N2O6. The Balaban J connectivity index is 1.36. The normalized spacial score (nSPS) is 26.6. The molecule has 2 saturated heterocycles. The second-order valence-corrected chi connectivity index (χ2v) is 14.1. The van der Waals surface area contributed by atoms with E-state index < -0.39 is 76.5 Å². The van der Waals surface area contributed by atoms with Crippen molar-refractivity contribution in [1.82, 2.24) is 0 Å². The summed E-state index contributed by atoms with van der Waals surface area (Å²) in [7, 11) is 0. The van der Waals surface area contributed by atoms with E-state index in [1.807, 2.05) is 0 Å². The molecule has 4 aromatic carbocycles. The van der Waals surface area contributed by atoms with Crippen LogP contribution in [0.15, 0.2) is 115 Å². The lowest BCUT2D eigenvalue weighted by molar-refractivity contribution is -0.274. The average molecular weight is 739 g/mol. The van der Waals surface area contributed by atoms with Gasteiger partial charge < -0.3 is 9.84 Å². The molecular weight excluding hydrogens is 709 g/mol. The summed E-state index contributed by atoms with van der Waals surface area (Å²) in [5.74, 6) is -8.30. The van der Waals surface area contributed by atoms with Gasteiger partial charge in [-0.15, -0.1) is 13.2 Å². The molecule has 1 saturated carbocycles. The second-order valence-electron chi connectivity index (χ2n) is 13.7. The number of fused-ring (bicyclic) bond motifs is 4. The van der Waals surface area contributed by atoms with Crippen molar-refractivity contribution in [2.75, 3.05) is 9.80 Å². The first-order valence-corrected chi connectivity index (χ1v) is 17.3. The van der Waals surface area contributed by atoms with E-state index in [1.54, 1.807) is 84.9 Å². The largest absolute Gasteiger partial charge is 0.573 e. The fourth-order valence-corrected chi connectivity index (χ4v) is 9.25. The van der Waals surface area contributed by atoms with Gasteiger partial charge in [0.2, 0.25) is 23.6 Å². The summed E-state index contributed by atoms with van der Waals surface area (Å²) in [4.78, 5) is 60.8. The van der Waals surface area contributed by atoms with E-state index in [9.17, 15) is 32.7 Å². The monoisotopic (exact) mass is 738 g/mol. The zero-order valence-electron chi connectivity index (χ0n) is 27.8. The number of benzene rings is 4. The van der Waals surface area contributed by atoms with Crippen LogP contribution in [0, 0.1) is 23.7 Å². The average Bonchev–Trinajstić information content (AvgIpc) is 3.53. The quantitative estimate of drug-likeness (QED) is 0.159. The van der Waals surface area contributed by atoms with E-state index in [2.05, 4.69) is 11.3 Å². The molecule has 268 valence electrons. The van der Waals surface area contributed by atoms with Gasteiger partial charge in [-0.3, -0.25) is 24.1 Å². The highest BCUT2D eigenvalue weighted by Crippen LogP contribution is 2.65. The summed E-state index contributed by atoms with van der Waals surface area (Å²) >= 11 is 6.33. The van der Waals surface area contributed by atoms with Crippen LogP contribution in [0.2, 0.25) is 5.02 Å². The maximum atomic E-state index is 15.3. The van der Waals surface area contributed by atoms with Crippen molar-refractivity contribution in [3.8, 4) is 11.5 Å². The maximum Gasteiger partial charge on any atom is 0.573 e. The molecule has 2 aliphatic heterocycles. The summed E-state index contributed by atoms with van der Waals surface area (Å²) in [6.45, 7) is 3.75. The number of ether oxygens (including phenoxy) is 1. The van der Waals surface area contributed by atoms with Gasteiger partial charge in [-0.25, -0.2) is 4.90 Å². The molecule has 4 aliphatic rings. The van der Waals surface area contributed by atoms with Crippen molar-refractivity contribution in [2.24, 2.45) is 23.7 Å². The summed E-state index contributed by atoms with van der Waals surface area (Å²) in [6.07, 6.45) is -1.66. The first kappa shape index (κ1) is 34.4. The molecule has 0 unspecified atom stereocenters. The van der Waals surface area contributed by atoms with Crippen LogP contribution in [-0.2, 0) is 24.6 Å². The van der Waals surface area contributed by atoms with Gasteiger partial charge in [0.1, 0.15) is 11.5 Å². The number of carbonyl (C=O) groups excluding carboxylic acids is 4. The molecule has 53 heavy (non-hydrogen) atoms. The Morgan fingerprint density at radius 2 is 1.57 bits per heavy atom. The number of amides is 4. The van der Waals surface area contributed by atoms with Gasteiger partial charge in [0.05, 0.1) is 34.5 Å². The first-order chi connectivity index (χ1) is 25.3. The smallest absolute Gasteiger partial charge is 0.508 e. The van der Waals surface area contributed by atoms with Gasteiger partial charge in [0, 0.05) is 16.5 Å². The minimum atomic E-state index is -5.08. The molecule has 3 fully saturated rings. The van der Waals surface area contributed by atoms with Crippen molar-refractivity contribution in [2.45, 2.75) is 30.5 Å². The van der Waals surface area contributed by atoms with Crippen molar-refractivity contribution < 1.29 is 42.2 Å². The number of hydrogen-bond donors (Lipinski definition) is 1. The van der Waals surface area contributed by atoms with Gasteiger partial charge in [0.25, 0.3) is 0 Å². The summed E-state index contributed by atoms with van der Waals surface area (Å²) < 4.78 is 45.0. The van der Waals surface area contributed by atoms with Crippen LogP contribution in [0.1, 0.15) is 35.4 Å². The van der Waals surface area contributed by atoms with E-state index in [1.165, 1.54) is 6.07 Å². The molecule has 0 bridgehead atoms. The minimum Gasteiger partial charge on any atom is -0.508 e. The van der Waals surface area contributed by atoms with Crippen LogP contribution < -0.4 is 14.5 Å². The van der Waals surface area contributed by atoms with E-state index in [-0.39, 0.29) is 29.1 Å². The standard InChI is InChI=1S/C41H30ClF3N2O6/c1-2-22-11-13-25(14-12-22)46-36(49)29-17-16-28-30(34(29)38(46)51)21-32-37(50)47(26-10-6-9-24(42)19-26)39(52)40(32,23-7-4-3-5-8-23)35(28)31-20-27(15-18-33(31)48)53-41(43,44)45/h2-16,18-20,29-30,32,34-35,48H,1,17,21H2/t29-,30+,32-,34-,35+,40+/m0/s1. The number of rotatable bonds is 6. The highest BCUT2D eigenvalue weighted by Gasteiger charge is 2.70. The fraction of sp³-hybridized carbons (Fsp3) is 0.220. The lowest BCUT2D eigenvalue weighted by Gasteiger charge is -2.50. The predicted molar refractivity (Wildman–Crippen MR) is 190 cm³/mol. The van der Waals surface area contributed by atoms with Crippen molar-refractivity contribution in [3.63, 3.8) is 0 Å². The van der Waals surface area contributed by atoms with Gasteiger partial charge in [0.15, 0.2) is 0 Å². The zero-order valence-corrected chi connectivity index (χ0v) is 28.6. The maximum absolute atomic E-state index is 15.3. The van der Waals surface area contributed by atoms with E-state index >= 15 is 4.79 Å². The number of nitrogens with zero attached hydrogens (tertiary/aromatic N) is 2. The Morgan fingerprint density at radius 3 is 2.25 bits per heavy atom. The zero-order chi connectivity index (χ0) is 37.4. The first-order valence-electron chi connectivity index (χ1n) is 16.9. The van der Waals surface area contributed by atoms with E-state index in [0.717, 1.165) is 33.6 Å². The molecule has 8 nitrogen and oxygen atoms in total. The van der Waals surface area contributed by atoms with Gasteiger partial charge in [-0.2, -0.15) is 0 Å². The summed E-state index contributed by atoms with van der Waals surface area (Å²) in [5.41, 5.74) is 0.274. The van der Waals surface area contributed by atoms with Crippen molar-refractivity contribution in [1.29, 1.82) is 0 Å². The van der Waals surface area contributed by atoms with Crippen LogP contribution in [0.3, 0.4) is 0 Å². The van der Waals surface area contributed by atoms with Gasteiger partial charge in [-0.1, -0.05) is 84.4 Å². The third kappa shape index (κ3) is 5.28. The SMILES string of the molecule is C=Cc1ccc(N2C(=O)[C@H]3[C@H](CC=C4[C@H]3C[C@H]3C(=O)N(c5cccc(Cl)c5)C(=O)[C@@]3(c3ccccc3)[C@H]4c3cc(OC(F)(F)F)ccc3O)C2=O)cc1. The van der Waals surface area contributed by atoms with E-state index in [4.69, 9.17) is 11.6 Å². The number of imide groups is 2. The molecule has 4 aromatic rings. The Bertz CT molecular complexity index is 2240. The van der Waals surface area contributed by atoms with Crippen LogP contribution in [0.5, 0.6) is 11.5 Å². The highest BCUT2D eigenvalue weighted by atomic mass is 35.5. The molecule has 0 spiro atoms. The number of allylic oxidation sites excluding steroid dienone is 2. The number of phenolic OH excluding ortho intramolecular Hbond substituents is 1. The number of anilines is 2. The molecule has 0 radical (unpaired) electrons. The summed E-state index contributed by atoms with van der Waals surface area (Å²) in [5, 5.41) is 11.8. The number of aromatic hydroxyl groups is 1.